The van der Waals surface area contributed by atoms with Gasteiger partial charge in [0.15, 0.2) is 11.5 Å². The molecule has 5 nitrogen and oxygen atoms in total. The maximum absolute atomic E-state index is 13.6. The summed E-state index contributed by atoms with van der Waals surface area (Å²) >= 11 is 0. The monoisotopic (exact) mass is 402 g/mol. The van der Waals surface area contributed by atoms with E-state index in [1.807, 2.05) is 60.4 Å². The van der Waals surface area contributed by atoms with Crippen LogP contribution >= 0.6 is 0 Å². The fourth-order valence-electron chi connectivity index (χ4n) is 4.14. The molecule has 154 valence electrons. The Balaban J connectivity index is 1.76. The zero-order chi connectivity index (χ0) is 20.9. The van der Waals surface area contributed by atoms with Crippen LogP contribution in [0.1, 0.15) is 41.7 Å². The minimum atomic E-state index is 0.00935. The number of methoxy groups -OCH3 is 1. The lowest BCUT2D eigenvalue weighted by Gasteiger charge is -2.26. The number of hydrogen-bond donors (Lipinski definition) is 0. The van der Waals surface area contributed by atoms with Crippen LogP contribution in [-0.4, -0.2) is 36.1 Å². The Morgan fingerprint density at radius 2 is 1.90 bits per heavy atom. The van der Waals surface area contributed by atoms with Crippen LogP contribution in [0.5, 0.6) is 11.5 Å². The summed E-state index contributed by atoms with van der Waals surface area (Å²) < 4.78 is 11.5. The Morgan fingerprint density at radius 1 is 1.13 bits per heavy atom. The van der Waals surface area contributed by atoms with Crippen LogP contribution in [0.2, 0.25) is 0 Å². The average Bonchev–Trinajstić information content (AvgIpc) is 3.29. The molecule has 0 aliphatic carbocycles. The number of carbonyl (C=O) groups excluding carboxylic acids is 1. The van der Waals surface area contributed by atoms with E-state index in [-0.39, 0.29) is 11.9 Å². The predicted octanol–water partition coefficient (Wildman–Crippen LogP) is 5.13. The Morgan fingerprint density at radius 3 is 2.60 bits per heavy atom. The molecule has 3 aromatic rings. The zero-order valence-electron chi connectivity index (χ0n) is 17.4. The SMILES string of the molecule is CCOc1cc(C(=O)N2CCCC2c2ccncc2)cc(-c2ccccc2)c1OC. The van der Waals surface area contributed by atoms with E-state index in [9.17, 15) is 4.79 Å². The second-order valence-electron chi connectivity index (χ2n) is 7.29. The number of rotatable bonds is 6. The number of pyridine rings is 1. The van der Waals surface area contributed by atoms with E-state index in [4.69, 9.17) is 9.47 Å². The molecule has 1 unspecified atom stereocenters. The van der Waals surface area contributed by atoms with Crippen molar-refractivity contribution in [3.05, 3.63) is 78.1 Å². The maximum atomic E-state index is 13.6. The number of aromatic nitrogens is 1. The van der Waals surface area contributed by atoms with Gasteiger partial charge in [-0.25, -0.2) is 0 Å². The van der Waals surface area contributed by atoms with Gasteiger partial charge in [0.25, 0.3) is 5.91 Å². The lowest BCUT2D eigenvalue weighted by Crippen LogP contribution is -2.30. The minimum Gasteiger partial charge on any atom is -0.492 e. The first-order chi connectivity index (χ1) is 14.7. The first-order valence-corrected chi connectivity index (χ1v) is 10.3. The molecule has 1 amide bonds. The van der Waals surface area contributed by atoms with Crippen molar-refractivity contribution in [2.45, 2.75) is 25.8 Å². The van der Waals surface area contributed by atoms with E-state index in [2.05, 4.69) is 4.98 Å². The quantitative estimate of drug-likeness (QED) is 0.573. The van der Waals surface area contributed by atoms with E-state index >= 15 is 0 Å². The first-order valence-electron chi connectivity index (χ1n) is 10.3. The largest absolute Gasteiger partial charge is 0.492 e. The zero-order valence-corrected chi connectivity index (χ0v) is 17.4. The molecular weight excluding hydrogens is 376 g/mol. The van der Waals surface area contributed by atoms with Gasteiger partial charge in [-0.3, -0.25) is 9.78 Å². The lowest BCUT2D eigenvalue weighted by molar-refractivity contribution is 0.0735. The van der Waals surface area contributed by atoms with Gasteiger partial charge in [-0.1, -0.05) is 30.3 Å². The molecule has 2 aromatic carbocycles. The Bertz CT molecular complexity index is 1010. The summed E-state index contributed by atoms with van der Waals surface area (Å²) in [6.07, 6.45) is 5.50. The van der Waals surface area contributed by atoms with Gasteiger partial charge in [-0.05, 0) is 55.2 Å². The molecule has 0 bridgehead atoms. The van der Waals surface area contributed by atoms with Crippen molar-refractivity contribution < 1.29 is 14.3 Å². The molecule has 1 fully saturated rings. The fourth-order valence-corrected chi connectivity index (χ4v) is 4.14. The van der Waals surface area contributed by atoms with Crippen LogP contribution in [-0.2, 0) is 0 Å². The highest BCUT2D eigenvalue weighted by atomic mass is 16.5. The highest BCUT2D eigenvalue weighted by Crippen LogP contribution is 2.41. The Labute approximate surface area is 177 Å². The summed E-state index contributed by atoms with van der Waals surface area (Å²) in [5.41, 5.74) is 3.57. The van der Waals surface area contributed by atoms with E-state index in [0.717, 1.165) is 36.1 Å². The Kier molecular flexibility index (Phi) is 5.98. The summed E-state index contributed by atoms with van der Waals surface area (Å²) in [6.45, 7) is 3.16. The van der Waals surface area contributed by atoms with Gasteiger partial charge in [0.1, 0.15) is 0 Å². The van der Waals surface area contributed by atoms with Crippen LogP contribution in [0.15, 0.2) is 67.0 Å². The number of nitrogens with zero attached hydrogens (tertiary/aromatic N) is 2. The molecule has 1 aliphatic heterocycles. The third-order valence-corrected chi connectivity index (χ3v) is 5.50. The smallest absolute Gasteiger partial charge is 0.254 e. The van der Waals surface area contributed by atoms with Gasteiger partial charge in [0.2, 0.25) is 0 Å². The summed E-state index contributed by atoms with van der Waals surface area (Å²) in [6, 6.07) is 17.7. The van der Waals surface area contributed by atoms with Crippen LogP contribution < -0.4 is 9.47 Å². The molecule has 0 N–H and O–H groups in total. The molecule has 0 spiro atoms. The minimum absolute atomic E-state index is 0.00935. The molecule has 1 aromatic heterocycles. The van der Waals surface area contributed by atoms with Crippen molar-refractivity contribution >= 4 is 5.91 Å². The maximum Gasteiger partial charge on any atom is 0.254 e. The number of amides is 1. The average molecular weight is 402 g/mol. The van der Waals surface area contributed by atoms with E-state index < -0.39 is 0 Å². The summed E-state index contributed by atoms with van der Waals surface area (Å²) in [5.74, 6) is 1.24. The van der Waals surface area contributed by atoms with Gasteiger partial charge in [-0.2, -0.15) is 0 Å². The number of ether oxygens (including phenoxy) is 2. The molecule has 1 saturated heterocycles. The molecule has 4 rings (SSSR count). The van der Waals surface area contributed by atoms with Crippen molar-refractivity contribution in [3.8, 4) is 22.6 Å². The van der Waals surface area contributed by atoms with Crippen molar-refractivity contribution in [3.63, 3.8) is 0 Å². The van der Waals surface area contributed by atoms with Crippen LogP contribution in [0.4, 0.5) is 0 Å². The van der Waals surface area contributed by atoms with Crippen molar-refractivity contribution in [2.75, 3.05) is 20.3 Å². The topological polar surface area (TPSA) is 51.7 Å². The molecule has 5 heteroatoms. The van der Waals surface area contributed by atoms with Crippen LogP contribution in [0.25, 0.3) is 11.1 Å². The molecule has 2 heterocycles. The van der Waals surface area contributed by atoms with Gasteiger partial charge in [0.05, 0.1) is 19.8 Å². The number of benzene rings is 2. The van der Waals surface area contributed by atoms with E-state index in [0.29, 0.717) is 23.7 Å². The fraction of sp³-hybridized carbons (Fsp3) is 0.280. The Hall–Kier alpha value is -3.34. The third kappa shape index (κ3) is 3.88. The van der Waals surface area contributed by atoms with Crippen molar-refractivity contribution in [1.29, 1.82) is 0 Å². The van der Waals surface area contributed by atoms with Gasteiger partial charge >= 0.3 is 0 Å². The summed E-state index contributed by atoms with van der Waals surface area (Å²) in [7, 11) is 1.63. The standard InChI is InChI=1S/C25H26N2O3/c1-3-30-23-17-20(16-21(24(23)29-2)18-8-5-4-6-9-18)25(28)27-15-7-10-22(27)19-11-13-26-14-12-19/h4-6,8-9,11-14,16-17,22H,3,7,10,15H2,1-2H3. The molecule has 30 heavy (non-hydrogen) atoms. The van der Waals surface area contributed by atoms with E-state index in [1.165, 1.54) is 0 Å². The second-order valence-corrected chi connectivity index (χ2v) is 7.29. The van der Waals surface area contributed by atoms with Gasteiger partial charge in [-0.15, -0.1) is 0 Å². The molecule has 1 atom stereocenters. The summed E-state index contributed by atoms with van der Waals surface area (Å²) in [5, 5.41) is 0. The predicted molar refractivity (Wildman–Crippen MR) is 117 cm³/mol. The molecular formula is C25H26N2O3. The number of likely N-dealkylation sites (tertiary alicyclic amines) is 1. The van der Waals surface area contributed by atoms with Crippen LogP contribution in [0, 0.1) is 0 Å². The second kappa shape index (κ2) is 8.99. The number of carbonyl (C=O) groups is 1. The van der Waals surface area contributed by atoms with E-state index in [1.54, 1.807) is 25.6 Å². The summed E-state index contributed by atoms with van der Waals surface area (Å²) in [4.78, 5) is 19.7. The lowest BCUT2D eigenvalue weighted by atomic mass is 9.99. The van der Waals surface area contributed by atoms with Crippen molar-refractivity contribution in [2.24, 2.45) is 0 Å². The molecule has 0 saturated carbocycles. The van der Waals surface area contributed by atoms with Gasteiger partial charge in [0, 0.05) is 30.1 Å². The van der Waals surface area contributed by atoms with Crippen LogP contribution in [0.3, 0.4) is 0 Å². The van der Waals surface area contributed by atoms with Gasteiger partial charge < -0.3 is 14.4 Å². The normalized spacial score (nSPS) is 15.8. The third-order valence-electron chi connectivity index (χ3n) is 5.50. The number of hydrogen-bond acceptors (Lipinski definition) is 4. The van der Waals surface area contributed by atoms with Crippen molar-refractivity contribution in [1.82, 2.24) is 9.88 Å². The molecule has 0 radical (unpaired) electrons. The highest BCUT2D eigenvalue weighted by molar-refractivity contribution is 5.97. The highest BCUT2D eigenvalue weighted by Gasteiger charge is 2.31. The first kappa shape index (κ1) is 20.0. The molecule has 1 aliphatic rings.